The van der Waals surface area contributed by atoms with Crippen molar-refractivity contribution >= 4 is 10.0 Å². The molecule has 0 bridgehead atoms. The van der Waals surface area contributed by atoms with Gasteiger partial charge in [-0.3, -0.25) is 0 Å². The molecule has 0 heterocycles. The highest BCUT2D eigenvalue weighted by atomic mass is 32.2. The van der Waals surface area contributed by atoms with Gasteiger partial charge in [-0.15, -0.1) is 0 Å². The van der Waals surface area contributed by atoms with Gasteiger partial charge in [0.25, 0.3) is 0 Å². The number of sulfonamides is 1. The van der Waals surface area contributed by atoms with Crippen LogP contribution in [-0.4, -0.2) is 34.7 Å². The molecular formula is C16H26N2O4S. The average Bonchev–Trinajstić information content (AvgIpc) is 2.56. The first-order chi connectivity index (χ1) is 10.9. The minimum atomic E-state index is -3.72. The Balaban J connectivity index is 2.38. The fraction of sp³-hybridized carbons (Fsp3) is 0.625. The lowest BCUT2D eigenvalue weighted by molar-refractivity contribution is 0.191. The zero-order valence-electron chi connectivity index (χ0n) is 14.0. The molecule has 3 N–H and O–H groups in total. The van der Waals surface area contributed by atoms with Gasteiger partial charge in [-0.2, -0.15) is 0 Å². The second-order valence-electron chi connectivity index (χ2n) is 6.16. The Labute approximate surface area is 138 Å². The molecule has 0 aliphatic heterocycles. The molecule has 0 saturated heterocycles. The van der Waals surface area contributed by atoms with E-state index in [4.69, 9.17) is 15.2 Å². The fourth-order valence-corrected chi connectivity index (χ4v) is 4.76. The van der Waals surface area contributed by atoms with Crippen LogP contribution in [0.2, 0.25) is 0 Å². The fourth-order valence-electron chi connectivity index (χ4n) is 3.17. The number of hydrogen-bond acceptors (Lipinski definition) is 5. The van der Waals surface area contributed by atoms with Gasteiger partial charge in [0.2, 0.25) is 10.0 Å². The van der Waals surface area contributed by atoms with E-state index in [9.17, 15) is 8.42 Å². The van der Waals surface area contributed by atoms with E-state index in [1.165, 1.54) is 26.4 Å². The summed E-state index contributed by atoms with van der Waals surface area (Å²) in [6.45, 7) is 2.34. The van der Waals surface area contributed by atoms with Crippen molar-refractivity contribution in [2.24, 2.45) is 11.7 Å². The summed E-state index contributed by atoms with van der Waals surface area (Å²) in [6, 6.07) is 4.62. The first kappa shape index (κ1) is 18.0. The van der Waals surface area contributed by atoms with E-state index in [0.29, 0.717) is 11.5 Å². The van der Waals surface area contributed by atoms with Gasteiger partial charge in [-0.1, -0.05) is 19.8 Å². The maximum atomic E-state index is 12.9. The third kappa shape index (κ3) is 3.79. The third-order valence-corrected chi connectivity index (χ3v) is 6.32. The SMILES string of the molecule is COc1cc(OC)cc(S(=O)(=O)NC2(CN)CCCCC2C)c1. The van der Waals surface area contributed by atoms with E-state index in [0.717, 1.165) is 25.7 Å². The molecule has 1 aromatic rings. The molecule has 0 aromatic heterocycles. The Hall–Kier alpha value is -1.31. The Morgan fingerprint density at radius 2 is 1.83 bits per heavy atom. The van der Waals surface area contributed by atoms with Crippen molar-refractivity contribution in [3.63, 3.8) is 0 Å². The maximum absolute atomic E-state index is 12.9. The van der Waals surface area contributed by atoms with E-state index < -0.39 is 15.6 Å². The molecule has 2 unspecified atom stereocenters. The van der Waals surface area contributed by atoms with Crippen LogP contribution in [0.1, 0.15) is 32.6 Å². The lowest BCUT2D eigenvalue weighted by Crippen LogP contribution is -2.58. The number of nitrogens with one attached hydrogen (secondary N) is 1. The number of hydrogen-bond donors (Lipinski definition) is 2. The molecule has 1 saturated carbocycles. The summed E-state index contributed by atoms with van der Waals surface area (Å²) in [5.41, 5.74) is 5.36. The third-order valence-electron chi connectivity index (χ3n) is 4.79. The predicted octanol–water partition coefficient (Wildman–Crippen LogP) is 1.89. The van der Waals surface area contributed by atoms with Crippen LogP contribution in [0.25, 0.3) is 0 Å². The van der Waals surface area contributed by atoms with Gasteiger partial charge in [0, 0.05) is 30.3 Å². The monoisotopic (exact) mass is 342 g/mol. The highest BCUT2D eigenvalue weighted by Gasteiger charge is 2.40. The Morgan fingerprint density at radius 1 is 1.22 bits per heavy atom. The van der Waals surface area contributed by atoms with Gasteiger partial charge in [-0.05, 0) is 18.8 Å². The number of ether oxygens (including phenoxy) is 2. The molecule has 0 amide bonds. The summed E-state index contributed by atoms with van der Waals surface area (Å²) in [5.74, 6) is 1.06. The van der Waals surface area contributed by atoms with Gasteiger partial charge < -0.3 is 15.2 Å². The molecule has 23 heavy (non-hydrogen) atoms. The van der Waals surface area contributed by atoms with E-state index in [2.05, 4.69) is 11.6 Å². The lowest BCUT2D eigenvalue weighted by Gasteiger charge is -2.42. The number of methoxy groups -OCH3 is 2. The van der Waals surface area contributed by atoms with E-state index in [1.807, 2.05) is 0 Å². The van der Waals surface area contributed by atoms with Crippen molar-refractivity contribution < 1.29 is 17.9 Å². The van der Waals surface area contributed by atoms with Gasteiger partial charge in [-0.25, -0.2) is 13.1 Å². The Morgan fingerprint density at radius 3 is 2.30 bits per heavy atom. The summed E-state index contributed by atoms with van der Waals surface area (Å²) >= 11 is 0. The maximum Gasteiger partial charge on any atom is 0.241 e. The van der Waals surface area contributed by atoms with Crippen LogP contribution >= 0.6 is 0 Å². The molecule has 6 nitrogen and oxygen atoms in total. The van der Waals surface area contributed by atoms with Gasteiger partial charge in [0.15, 0.2) is 0 Å². The number of nitrogens with two attached hydrogens (primary N) is 1. The first-order valence-corrected chi connectivity index (χ1v) is 9.32. The Kier molecular flexibility index (Phi) is 5.54. The standard InChI is InChI=1S/C16H26N2O4S/c1-12-6-4-5-7-16(12,11-17)18-23(19,20)15-9-13(21-2)8-14(10-15)22-3/h8-10,12,18H,4-7,11,17H2,1-3H3. The summed E-state index contributed by atoms with van der Waals surface area (Å²) in [4.78, 5) is 0.124. The summed E-state index contributed by atoms with van der Waals surface area (Å²) in [6.07, 6.45) is 3.81. The zero-order chi connectivity index (χ0) is 17.1. The normalized spacial score (nSPS) is 25.1. The molecule has 1 aromatic carbocycles. The van der Waals surface area contributed by atoms with Crippen molar-refractivity contribution in [1.82, 2.24) is 4.72 Å². The number of benzene rings is 1. The van der Waals surface area contributed by atoms with Crippen LogP contribution < -0.4 is 19.9 Å². The zero-order valence-corrected chi connectivity index (χ0v) is 14.8. The molecule has 2 atom stereocenters. The van der Waals surface area contributed by atoms with Crippen LogP contribution in [0.15, 0.2) is 23.1 Å². The van der Waals surface area contributed by atoms with Gasteiger partial charge in [0.05, 0.1) is 19.1 Å². The Bertz CT molecular complexity index is 625. The molecule has 1 fully saturated rings. The molecule has 2 rings (SSSR count). The molecule has 0 radical (unpaired) electrons. The minimum absolute atomic E-state index is 0.124. The van der Waals surface area contributed by atoms with Crippen molar-refractivity contribution in [1.29, 1.82) is 0 Å². The summed E-state index contributed by atoms with van der Waals surface area (Å²) < 4.78 is 38.9. The second kappa shape index (κ2) is 7.07. The van der Waals surface area contributed by atoms with Crippen LogP contribution in [0.3, 0.4) is 0 Å². The first-order valence-electron chi connectivity index (χ1n) is 7.84. The van der Waals surface area contributed by atoms with Crippen molar-refractivity contribution in [3.05, 3.63) is 18.2 Å². The van der Waals surface area contributed by atoms with E-state index >= 15 is 0 Å². The molecule has 1 aliphatic carbocycles. The average molecular weight is 342 g/mol. The molecule has 130 valence electrons. The van der Waals surface area contributed by atoms with Crippen LogP contribution in [0.5, 0.6) is 11.5 Å². The second-order valence-corrected chi connectivity index (χ2v) is 7.84. The van der Waals surface area contributed by atoms with Crippen LogP contribution in [-0.2, 0) is 10.0 Å². The molecule has 0 spiro atoms. The molecule has 1 aliphatic rings. The highest BCUT2D eigenvalue weighted by Crippen LogP contribution is 2.35. The minimum Gasteiger partial charge on any atom is -0.497 e. The van der Waals surface area contributed by atoms with E-state index in [1.54, 1.807) is 6.07 Å². The van der Waals surface area contributed by atoms with Crippen molar-refractivity contribution in [2.45, 2.75) is 43.0 Å². The van der Waals surface area contributed by atoms with Crippen LogP contribution in [0, 0.1) is 5.92 Å². The van der Waals surface area contributed by atoms with Crippen molar-refractivity contribution in [3.8, 4) is 11.5 Å². The highest BCUT2D eigenvalue weighted by molar-refractivity contribution is 7.89. The van der Waals surface area contributed by atoms with Gasteiger partial charge >= 0.3 is 0 Å². The summed E-state index contributed by atoms with van der Waals surface area (Å²) in [5, 5.41) is 0. The van der Waals surface area contributed by atoms with Crippen LogP contribution in [0.4, 0.5) is 0 Å². The topological polar surface area (TPSA) is 90.6 Å². The number of rotatable bonds is 6. The smallest absolute Gasteiger partial charge is 0.241 e. The summed E-state index contributed by atoms with van der Waals surface area (Å²) in [7, 11) is -0.740. The lowest BCUT2D eigenvalue weighted by atomic mass is 9.74. The quantitative estimate of drug-likeness (QED) is 0.824. The largest absolute Gasteiger partial charge is 0.497 e. The molecular weight excluding hydrogens is 316 g/mol. The molecule has 7 heteroatoms. The predicted molar refractivity (Wildman–Crippen MR) is 89.3 cm³/mol. The van der Waals surface area contributed by atoms with Gasteiger partial charge in [0.1, 0.15) is 11.5 Å². The van der Waals surface area contributed by atoms with Crippen molar-refractivity contribution in [2.75, 3.05) is 20.8 Å². The van der Waals surface area contributed by atoms with E-state index in [-0.39, 0.29) is 17.4 Å².